The minimum absolute atomic E-state index is 0.0243. The summed E-state index contributed by atoms with van der Waals surface area (Å²) in [5.41, 5.74) is 9.17. The lowest BCUT2D eigenvalue weighted by molar-refractivity contribution is 0.0729. The van der Waals surface area contributed by atoms with E-state index in [0.717, 1.165) is 37.4 Å². The fourth-order valence-electron chi connectivity index (χ4n) is 3.07. The molecule has 3 rings (SSSR count). The second kappa shape index (κ2) is 4.59. The van der Waals surface area contributed by atoms with Crippen LogP contribution in [0.2, 0.25) is 0 Å². The van der Waals surface area contributed by atoms with E-state index >= 15 is 0 Å². The SMILES string of the molecule is CCCN1CC(C)(c2nc3c(C([NH])=O)cccc3[nH]2)C1. The molecule has 20 heavy (non-hydrogen) atoms. The number of carbonyl (C=O) groups excluding carboxylic acids is 1. The summed E-state index contributed by atoms with van der Waals surface area (Å²) in [4.78, 5) is 21.7. The molecule has 1 aliphatic heterocycles. The number of likely N-dealkylation sites (tertiary alicyclic amines) is 1. The number of nitrogens with zero attached hydrogens (tertiary/aromatic N) is 2. The maximum absolute atomic E-state index is 11.3. The Morgan fingerprint density at radius 3 is 2.90 bits per heavy atom. The predicted octanol–water partition coefficient (Wildman–Crippen LogP) is 1.97. The molecule has 1 aromatic heterocycles. The van der Waals surface area contributed by atoms with Crippen LogP contribution in [0.1, 0.15) is 36.5 Å². The standard InChI is InChI=1S/C15H19N4O/c1-3-7-19-8-15(2,9-19)14-17-11-6-4-5-10(13(16)20)12(11)18-14/h4-6,16H,3,7-9H2,1-2H3,(H,17,18). The minimum atomic E-state index is -0.681. The third-order valence-corrected chi connectivity index (χ3v) is 4.01. The van der Waals surface area contributed by atoms with Crippen LogP contribution in [0.3, 0.4) is 0 Å². The van der Waals surface area contributed by atoms with Crippen LogP contribution in [-0.2, 0) is 5.41 Å². The van der Waals surface area contributed by atoms with Crippen LogP contribution < -0.4 is 5.73 Å². The third kappa shape index (κ3) is 1.98. The molecule has 2 N–H and O–H groups in total. The van der Waals surface area contributed by atoms with Crippen molar-refractivity contribution in [3.8, 4) is 0 Å². The molecule has 0 bridgehead atoms. The number of aromatic nitrogens is 2. The van der Waals surface area contributed by atoms with Crippen molar-refractivity contribution in [2.45, 2.75) is 25.7 Å². The Labute approximate surface area is 118 Å². The summed E-state index contributed by atoms with van der Waals surface area (Å²) in [7, 11) is 0. The van der Waals surface area contributed by atoms with E-state index in [1.54, 1.807) is 12.1 Å². The average molecular weight is 271 g/mol. The molecule has 1 radical (unpaired) electrons. The summed E-state index contributed by atoms with van der Waals surface area (Å²) in [6, 6.07) is 5.36. The lowest BCUT2D eigenvalue weighted by atomic mass is 9.81. The van der Waals surface area contributed by atoms with Gasteiger partial charge in [0.1, 0.15) is 11.3 Å². The van der Waals surface area contributed by atoms with E-state index in [0.29, 0.717) is 11.1 Å². The quantitative estimate of drug-likeness (QED) is 0.924. The van der Waals surface area contributed by atoms with Gasteiger partial charge in [0.2, 0.25) is 0 Å². The van der Waals surface area contributed by atoms with Gasteiger partial charge in [0.25, 0.3) is 5.91 Å². The van der Waals surface area contributed by atoms with Gasteiger partial charge in [0.15, 0.2) is 0 Å². The second-order valence-corrected chi connectivity index (χ2v) is 5.89. The van der Waals surface area contributed by atoms with Crippen LogP contribution >= 0.6 is 0 Å². The molecule has 1 fully saturated rings. The fourth-order valence-corrected chi connectivity index (χ4v) is 3.07. The Morgan fingerprint density at radius 1 is 1.50 bits per heavy atom. The first-order valence-corrected chi connectivity index (χ1v) is 7.01. The fraction of sp³-hybridized carbons (Fsp3) is 0.467. The Kier molecular flexibility index (Phi) is 3.01. The van der Waals surface area contributed by atoms with Gasteiger partial charge in [-0.1, -0.05) is 19.9 Å². The third-order valence-electron chi connectivity index (χ3n) is 4.01. The van der Waals surface area contributed by atoms with Crippen molar-refractivity contribution in [1.82, 2.24) is 20.6 Å². The number of aromatic amines is 1. The van der Waals surface area contributed by atoms with Gasteiger partial charge in [0.05, 0.1) is 16.5 Å². The van der Waals surface area contributed by atoms with Gasteiger partial charge < -0.3 is 9.88 Å². The van der Waals surface area contributed by atoms with Gasteiger partial charge in [-0.15, -0.1) is 0 Å². The van der Waals surface area contributed by atoms with E-state index < -0.39 is 5.91 Å². The number of amides is 1. The van der Waals surface area contributed by atoms with Crippen molar-refractivity contribution in [1.29, 1.82) is 0 Å². The van der Waals surface area contributed by atoms with Gasteiger partial charge in [-0.05, 0) is 25.1 Å². The molecule has 5 heteroatoms. The number of carbonyl (C=O) groups is 1. The summed E-state index contributed by atoms with van der Waals surface area (Å²) in [5.74, 6) is 0.244. The van der Waals surface area contributed by atoms with Crippen LogP contribution in [0.5, 0.6) is 0 Å². The Morgan fingerprint density at radius 2 is 2.25 bits per heavy atom. The van der Waals surface area contributed by atoms with Gasteiger partial charge in [0, 0.05) is 13.1 Å². The lowest BCUT2D eigenvalue weighted by Crippen LogP contribution is -2.58. The normalized spacial score (nSPS) is 18.1. The predicted molar refractivity (Wildman–Crippen MR) is 77.6 cm³/mol. The molecule has 2 aromatic rings. The summed E-state index contributed by atoms with van der Waals surface area (Å²) >= 11 is 0. The number of nitrogens with one attached hydrogen (secondary N) is 2. The number of fused-ring (bicyclic) bond motifs is 1. The highest BCUT2D eigenvalue weighted by atomic mass is 16.1. The molecule has 0 aliphatic carbocycles. The smallest absolute Gasteiger partial charge is 0.271 e. The maximum atomic E-state index is 11.3. The topological polar surface area (TPSA) is 72.8 Å². The van der Waals surface area contributed by atoms with Crippen molar-refractivity contribution in [2.24, 2.45) is 0 Å². The van der Waals surface area contributed by atoms with E-state index in [4.69, 9.17) is 5.73 Å². The van der Waals surface area contributed by atoms with E-state index in [1.807, 2.05) is 6.07 Å². The van der Waals surface area contributed by atoms with Crippen LogP contribution in [0, 0.1) is 0 Å². The summed E-state index contributed by atoms with van der Waals surface area (Å²) in [6.07, 6.45) is 1.16. The molecule has 105 valence electrons. The number of hydrogen-bond acceptors (Lipinski definition) is 3. The molecule has 1 saturated heterocycles. The first-order valence-electron chi connectivity index (χ1n) is 7.01. The van der Waals surface area contributed by atoms with E-state index in [2.05, 4.69) is 28.7 Å². The number of para-hydroxylation sites is 1. The van der Waals surface area contributed by atoms with Crippen LogP contribution in [0.25, 0.3) is 11.0 Å². The highest BCUT2D eigenvalue weighted by Gasteiger charge is 2.42. The number of rotatable bonds is 4. The second-order valence-electron chi connectivity index (χ2n) is 5.89. The first kappa shape index (κ1) is 13.1. The first-order chi connectivity index (χ1) is 9.53. The number of benzene rings is 1. The summed E-state index contributed by atoms with van der Waals surface area (Å²) in [6.45, 7) is 7.48. The van der Waals surface area contributed by atoms with Crippen molar-refractivity contribution >= 4 is 16.9 Å². The van der Waals surface area contributed by atoms with Crippen molar-refractivity contribution in [2.75, 3.05) is 19.6 Å². The Bertz CT molecular complexity index is 655. The molecule has 2 heterocycles. The average Bonchev–Trinajstić information content (AvgIpc) is 2.80. The van der Waals surface area contributed by atoms with Crippen molar-refractivity contribution in [3.63, 3.8) is 0 Å². The molecule has 1 aromatic carbocycles. The largest absolute Gasteiger partial charge is 0.341 e. The van der Waals surface area contributed by atoms with Crippen molar-refractivity contribution in [3.05, 3.63) is 29.6 Å². The molecular formula is C15H19N4O. The summed E-state index contributed by atoms with van der Waals surface area (Å²) in [5, 5.41) is 0. The highest BCUT2D eigenvalue weighted by Crippen LogP contribution is 2.33. The lowest BCUT2D eigenvalue weighted by Gasteiger charge is -2.46. The molecule has 1 amide bonds. The number of hydrogen-bond donors (Lipinski definition) is 1. The molecule has 5 nitrogen and oxygen atoms in total. The molecule has 1 aliphatic rings. The van der Waals surface area contributed by atoms with E-state index in [-0.39, 0.29) is 5.41 Å². The van der Waals surface area contributed by atoms with Crippen LogP contribution in [0.15, 0.2) is 18.2 Å². The monoisotopic (exact) mass is 271 g/mol. The van der Waals surface area contributed by atoms with Gasteiger partial charge >= 0.3 is 0 Å². The van der Waals surface area contributed by atoms with Gasteiger partial charge in [-0.25, -0.2) is 4.98 Å². The zero-order chi connectivity index (χ0) is 14.3. The van der Waals surface area contributed by atoms with E-state index in [9.17, 15) is 4.79 Å². The molecule has 0 saturated carbocycles. The Balaban J connectivity index is 1.94. The zero-order valence-corrected chi connectivity index (χ0v) is 11.9. The van der Waals surface area contributed by atoms with Crippen LogP contribution in [-0.4, -0.2) is 40.4 Å². The summed E-state index contributed by atoms with van der Waals surface area (Å²) < 4.78 is 0. The highest BCUT2D eigenvalue weighted by molar-refractivity contribution is 6.03. The molecule has 0 spiro atoms. The van der Waals surface area contributed by atoms with Gasteiger partial charge in [-0.2, -0.15) is 0 Å². The molecule has 0 unspecified atom stereocenters. The van der Waals surface area contributed by atoms with Crippen molar-refractivity contribution < 1.29 is 4.79 Å². The van der Waals surface area contributed by atoms with Gasteiger partial charge in [-0.3, -0.25) is 10.5 Å². The molecule has 0 atom stereocenters. The van der Waals surface area contributed by atoms with Crippen LogP contribution in [0.4, 0.5) is 0 Å². The number of imidazole rings is 1. The van der Waals surface area contributed by atoms with E-state index in [1.165, 1.54) is 0 Å². The molecular weight excluding hydrogens is 252 g/mol. The zero-order valence-electron chi connectivity index (χ0n) is 11.9. The maximum Gasteiger partial charge on any atom is 0.271 e. The minimum Gasteiger partial charge on any atom is -0.341 e. The number of H-pyrrole nitrogens is 1. The Hall–Kier alpha value is -1.88.